The Balaban J connectivity index is 2.28. The van der Waals surface area contributed by atoms with Crippen molar-refractivity contribution in [3.63, 3.8) is 0 Å². The highest BCUT2D eigenvalue weighted by atomic mass is 79.9. The van der Waals surface area contributed by atoms with Crippen molar-refractivity contribution in [2.24, 2.45) is 0 Å². The molecule has 2 rings (SSSR count). The first kappa shape index (κ1) is 14.0. The Labute approximate surface area is 121 Å². The van der Waals surface area contributed by atoms with E-state index in [1.165, 1.54) is 12.1 Å². The maximum absolute atomic E-state index is 13.4. The van der Waals surface area contributed by atoms with Crippen molar-refractivity contribution in [2.45, 2.75) is 0 Å². The highest BCUT2D eigenvalue weighted by molar-refractivity contribution is 9.10. The quantitative estimate of drug-likeness (QED) is 0.844. The van der Waals surface area contributed by atoms with Crippen molar-refractivity contribution in [1.29, 1.82) is 0 Å². The van der Waals surface area contributed by atoms with E-state index in [9.17, 15) is 13.6 Å². The normalized spacial score (nSPS) is 10.3. The van der Waals surface area contributed by atoms with Gasteiger partial charge in [-0.15, -0.1) is 0 Å². The number of halogens is 4. The summed E-state index contributed by atoms with van der Waals surface area (Å²) in [5.74, 6) is -3.02. The van der Waals surface area contributed by atoms with Gasteiger partial charge in [-0.3, -0.25) is 4.79 Å². The van der Waals surface area contributed by atoms with Gasteiger partial charge in [-0.2, -0.15) is 0 Å². The Hall–Kier alpha value is -1.46. The van der Waals surface area contributed by atoms with Crippen LogP contribution in [0.4, 0.5) is 14.5 Å². The molecule has 2 aromatic carbocycles. The third kappa shape index (κ3) is 3.11. The fraction of sp³-hybridized carbons (Fsp3) is 0. The molecule has 0 aliphatic carbocycles. The molecule has 2 nitrogen and oxygen atoms in total. The van der Waals surface area contributed by atoms with Crippen molar-refractivity contribution in [3.05, 3.63) is 63.1 Å². The third-order valence-corrected chi connectivity index (χ3v) is 3.18. The number of benzene rings is 2. The number of anilines is 1. The number of nitrogens with one attached hydrogen (secondary N) is 1. The van der Waals surface area contributed by atoms with Gasteiger partial charge >= 0.3 is 0 Å². The Kier molecular flexibility index (Phi) is 4.17. The van der Waals surface area contributed by atoms with Crippen LogP contribution in [0.3, 0.4) is 0 Å². The molecule has 6 heteroatoms. The number of carbonyl (C=O) groups excluding carboxylic acids is 1. The average Bonchev–Trinajstić information content (AvgIpc) is 2.36. The van der Waals surface area contributed by atoms with Gasteiger partial charge in [0.2, 0.25) is 0 Å². The number of hydrogen-bond acceptors (Lipinski definition) is 1. The van der Waals surface area contributed by atoms with Crippen molar-refractivity contribution in [3.8, 4) is 0 Å². The van der Waals surface area contributed by atoms with Crippen LogP contribution in [0.1, 0.15) is 10.4 Å². The van der Waals surface area contributed by atoms with Gasteiger partial charge in [-0.05, 0) is 30.3 Å². The number of hydrogen-bond donors (Lipinski definition) is 1. The van der Waals surface area contributed by atoms with Gasteiger partial charge in [-0.25, -0.2) is 8.78 Å². The van der Waals surface area contributed by atoms with Crippen molar-refractivity contribution >= 4 is 39.1 Å². The van der Waals surface area contributed by atoms with Gasteiger partial charge in [0.15, 0.2) is 11.6 Å². The monoisotopic (exact) mass is 345 g/mol. The predicted molar refractivity (Wildman–Crippen MR) is 73.5 cm³/mol. The molecule has 0 atom stereocenters. The molecule has 0 fully saturated rings. The van der Waals surface area contributed by atoms with Crippen LogP contribution in [0.15, 0.2) is 40.9 Å². The lowest BCUT2D eigenvalue weighted by Gasteiger charge is -2.08. The van der Waals surface area contributed by atoms with Crippen molar-refractivity contribution in [2.75, 3.05) is 5.32 Å². The first-order valence-corrected chi connectivity index (χ1v) is 6.36. The highest BCUT2D eigenvalue weighted by Gasteiger charge is 2.16. The van der Waals surface area contributed by atoms with E-state index >= 15 is 0 Å². The maximum atomic E-state index is 13.4. The summed E-state index contributed by atoms with van der Waals surface area (Å²) in [5.41, 5.74) is -0.0579. The molecule has 2 aromatic rings. The summed E-state index contributed by atoms with van der Waals surface area (Å²) in [6, 6.07) is 8.21. The van der Waals surface area contributed by atoms with E-state index in [2.05, 4.69) is 21.2 Å². The molecule has 0 unspecified atom stereocenters. The molecule has 0 aliphatic rings. The molecule has 19 heavy (non-hydrogen) atoms. The Morgan fingerprint density at radius 2 is 1.95 bits per heavy atom. The van der Waals surface area contributed by atoms with Crippen LogP contribution >= 0.6 is 27.5 Å². The van der Waals surface area contributed by atoms with Gasteiger partial charge in [0.25, 0.3) is 5.91 Å². The Bertz CT molecular complexity index is 649. The van der Waals surface area contributed by atoms with Crippen LogP contribution in [0.2, 0.25) is 5.02 Å². The summed E-state index contributed by atoms with van der Waals surface area (Å²) in [7, 11) is 0. The fourth-order valence-electron chi connectivity index (χ4n) is 1.46. The topological polar surface area (TPSA) is 29.1 Å². The first-order valence-electron chi connectivity index (χ1n) is 5.19. The number of amides is 1. The molecule has 0 spiro atoms. The van der Waals surface area contributed by atoms with Gasteiger partial charge in [-0.1, -0.05) is 33.6 Å². The van der Waals surface area contributed by atoms with E-state index in [4.69, 9.17) is 11.6 Å². The van der Waals surface area contributed by atoms with Crippen LogP contribution in [0.25, 0.3) is 0 Å². The lowest BCUT2D eigenvalue weighted by Crippen LogP contribution is -2.14. The Morgan fingerprint density at radius 3 is 2.63 bits per heavy atom. The summed E-state index contributed by atoms with van der Waals surface area (Å²) in [6.07, 6.45) is 0. The van der Waals surface area contributed by atoms with Crippen LogP contribution in [-0.4, -0.2) is 5.91 Å². The van der Waals surface area contributed by atoms with Crippen molar-refractivity contribution in [1.82, 2.24) is 0 Å². The van der Waals surface area contributed by atoms with E-state index in [1.54, 1.807) is 18.2 Å². The summed E-state index contributed by atoms with van der Waals surface area (Å²) in [4.78, 5) is 11.8. The zero-order valence-corrected chi connectivity index (χ0v) is 11.7. The van der Waals surface area contributed by atoms with Crippen molar-refractivity contribution < 1.29 is 13.6 Å². The molecule has 0 bridgehead atoms. The zero-order chi connectivity index (χ0) is 14.0. The van der Waals surface area contributed by atoms with Gasteiger partial charge in [0.1, 0.15) is 0 Å². The minimum atomic E-state index is -1.19. The lowest BCUT2D eigenvalue weighted by atomic mass is 10.2. The predicted octanol–water partition coefficient (Wildman–Crippen LogP) is 4.63. The van der Waals surface area contributed by atoms with Crippen LogP contribution in [0, 0.1) is 11.6 Å². The minimum Gasteiger partial charge on any atom is -0.321 e. The van der Waals surface area contributed by atoms with Gasteiger partial charge < -0.3 is 5.32 Å². The molecule has 98 valence electrons. The van der Waals surface area contributed by atoms with E-state index in [0.29, 0.717) is 10.7 Å². The van der Waals surface area contributed by atoms with Crippen LogP contribution in [0.5, 0.6) is 0 Å². The van der Waals surface area contributed by atoms with Crippen LogP contribution < -0.4 is 5.32 Å². The molecular formula is C13H7BrClF2NO. The number of carbonyl (C=O) groups is 1. The lowest BCUT2D eigenvalue weighted by molar-refractivity contribution is 0.102. The van der Waals surface area contributed by atoms with E-state index in [1.807, 2.05) is 0 Å². The largest absolute Gasteiger partial charge is 0.321 e. The molecule has 0 aliphatic heterocycles. The second kappa shape index (κ2) is 5.67. The summed E-state index contributed by atoms with van der Waals surface area (Å²) in [6.45, 7) is 0. The second-order valence-electron chi connectivity index (χ2n) is 3.68. The Morgan fingerprint density at radius 1 is 1.21 bits per heavy atom. The molecule has 1 amide bonds. The SMILES string of the molecule is O=C(Nc1ccc(Br)cc1Cl)c1cccc(F)c1F. The average molecular weight is 347 g/mol. The second-order valence-corrected chi connectivity index (χ2v) is 5.00. The minimum absolute atomic E-state index is 0.291. The summed E-state index contributed by atoms with van der Waals surface area (Å²) in [5, 5.41) is 2.71. The molecular weight excluding hydrogens is 340 g/mol. The van der Waals surface area contributed by atoms with Crippen LogP contribution in [-0.2, 0) is 0 Å². The first-order chi connectivity index (χ1) is 8.99. The maximum Gasteiger partial charge on any atom is 0.258 e. The highest BCUT2D eigenvalue weighted by Crippen LogP contribution is 2.26. The smallest absolute Gasteiger partial charge is 0.258 e. The standard InChI is InChI=1S/C13H7BrClF2NO/c14-7-4-5-11(9(15)6-7)18-13(19)8-2-1-3-10(16)12(8)17/h1-6H,(H,18,19). The van der Waals surface area contributed by atoms with Gasteiger partial charge in [0.05, 0.1) is 16.3 Å². The van der Waals surface area contributed by atoms with E-state index in [0.717, 1.165) is 10.5 Å². The molecule has 0 radical (unpaired) electrons. The molecule has 0 aromatic heterocycles. The third-order valence-electron chi connectivity index (χ3n) is 2.38. The summed E-state index contributed by atoms with van der Waals surface area (Å²) < 4.78 is 27.2. The molecule has 0 saturated carbocycles. The van der Waals surface area contributed by atoms with E-state index < -0.39 is 17.5 Å². The van der Waals surface area contributed by atoms with E-state index in [-0.39, 0.29) is 5.56 Å². The number of rotatable bonds is 2. The fourth-order valence-corrected chi connectivity index (χ4v) is 2.18. The zero-order valence-electron chi connectivity index (χ0n) is 9.38. The summed E-state index contributed by atoms with van der Waals surface area (Å²) >= 11 is 9.14. The van der Waals surface area contributed by atoms with Gasteiger partial charge in [0, 0.05) is 4.47 Å². The molecule has 0 saturated heterocycles. The molecule has 0 heterocycles. The molecule has 1 N–H and O–H groups in total.